The molecule has 0 spiro atoms. The molecule has 158 valence electrons. The van der Waals surface area contributed by atoms with Crippen molar-refractivity contribution in [3.8, 4) is 0 Å². The highest BCUT2D eigenvalue weighted by Crippen LogP contribution is 2.62. The number of ether oxygens (including phenoxy) is 2. The average molecular weight is 407 g/mol. The summed E-state index contributed by atoms with van der Waals surface area (Å²) < 4.78 is 12.2. The Morgan fingerprint density at radius 3 is 1.83 bits per heavy atom. The highest BCUT2D eigenvalue weighted by molar-refractivity contribution is 5.90. The van der Waals surface area contributed by atoms with Gasteiger partial charge in [-0.15, -0.1) is 0 Å². The number of carbonyl (C=O) groups excluding carboxylic acids is 2. The van der Waals surface area contributed by atoms with E-state index < -0.39 is 12.2 Å². The zero-order valence-corrected chi connectivity index (χ0v) is 18.1. The molecule has 0 N–H and O–H groups in total. The van der Waals surface area contributed by atoms with E-state index in [-0.39, 0.29) is 28.7 Å². The molecule has 3 aliphatic rings. The molecule has 4 heteroatoms. The van der Waals surface area contributed by atoms with Crippen LogP contribution in [0.3, 0.4) is 0 Å². The van der Waals surface area contributed by atoms with Crippen molar-refractivity contribution in [2.75, 3.05) is 0 Å². The largest absolute Gasteiger partial charge is 0.454 e. The number of esters is 2. The van der Waals surface area contributed by atoms with Crippen LogP contribution >= 0.6 is 0 Å². The van der Waals surface area contributed by atoms with E-state index in [1.807, 2.05) is 36.4 Å². The minimum Gasteiger partial charge on any atom is -0.454 e. The highest BCUT2D eigenvalue weighted by Gasteiger charge is 2.63. The van der Waals surface area contributed by atoms with Crippen molar-refractivity contribution in [2.24, 2.45) is 22.7 Å². The third-order valence-electron chi connectivity index (χ3n) is 7.00. The molecule has 0 saturated heterocycles. The number of hydrogen-bond acceptors (Lipinski definition) is 4. The molecule has 4 nitrogen and oxygen atoms in total. The van der Waals surface area contributed by atoms with Crippen LogP contribution in [0.1, 0.15) is 61.3 Å². The smallest absolute Gasteiger partial charge is 0.338 e. The molecule has 2 bridgehead atoms. The summed E-state index contributed by atoms with van der Waals surface area (Å²) in [5, 5.41) is 0. The van der Waals surface area contributed by atoms with Crippen LogP contribution in [0, 0.1) is 22.7 Å². The van der Waals surface area contributed by atoms with Gasteiger partial charge in [0.2, 0.25) is 0 Å². The van der Waals surface area contributed by atoms with Gasteiger partial charge in [0.1, 0.15) is 12.2 Å². The Morgan fingerprint density at radius 2 is 1.33 bits per heavy atom. The van der Waals surface area contributed by atoms with Crippen LogP contribution < -0.4 is 0 Å². The molecular weight excluding hydrogens is 376 g/mol. The van der Waals surface area contributed by atoms with Gasteiger partial charge in [0.15, 0.2) is 0 Å². The molecule has 0 heterocycles. The summed E-state index contributed by atoms with van der Waals surface area (Å²) in [6.07, 6.45) is 0.948. The fourth-order valence-electron chi connectivity index (χ4n) is 6.30. The second-order valence-electron chi connectivity index (χ2n) is 9.95. The number of fused-ring (bicyclic) bond motifs is 3. The van der Waals surface area contributed by atoms with E-state index in [1.54, 1.807) is 24.3 Å². The fraction of sp³-hybridized carbons (Fsp3) is 0.462. The molecule has 5 rings (SSSR count). The first-order valence-corrected chi connectivity index (χ1v) is 10.7. The average Bonchev–Trinajstić information content (AvgIpc) is 2.70. The third kappa shape index (κ3) is 3.64. The molecule has 2 aromatic rings. The summed E-state index contributed by atoms with van der Waals surface area (Å²) in [5.41, 5.74) is 0.777. The van der Waals surface area contributed by atoms with Gasteiger partial charge >= 0.3 is 11.9 Å². The van der Waals surface area contributed by atoms with Crippen molar-refractivity contribution >= 4 is 11.9 Å². The Hall–Kier alpha value is -2.62. The highest BCUT2D eigenvalue weighted by atomic mass is 16.6. The number of carbonyl (C=O) groups is 2. The molecule has 5 unspecified atom stereocenters. The molecule has 5 atom stereocenters. The van der Waals surface area contributed by atoms with Gasteiger partial charge in [-0.3, -0.25) is 0 Å². The second-order valence-corrected chi connectivity index (χ2v) is 9.95. The number of hydrogen-bond donors (Lipinski definition) is 0. The lowest BCUT2D eigenvalue weighted by Crippen LogP contribution is -2.65. The molecule has 0 radical (unpaired) electrons. The summed E-state index contributed by atoms with van der Waals surface area (Å²) in [5.74, 6) is -0.222. The van der Waals surface area contributed by atoms with E-state index in [1.165, 1.54) is 0 Å². The zero-order valence-electron chi connectivity index (χ0n) is 18.1. The summed E-state index contributed by atoms with van der Waals surface area (Å²) in [4.78, 5) is 25.9. The lowest BCUT2D eigenvalue weighted by Gasteiger charge is -2.62. The number of rotatable bonds is 4. The van der Waals surface area contributed by atoms with Crippen LogP contribution in [0.25, 0.3) is 0 Å². The van der Waals surface area contributed by atoms with Gasteiger partial charge in [-0.05, 0) is 48.4 Å². The summed E-state index contributed by atoms with van der Waals surface area (Å²) in [6, 6.07) is 18.1. The lowest BCUT2D eigenvalue weighted by atomic mass is 9.46. The second kappa shape index (κ2) is 7.57. The Labute approximate surface area is 178 Å². The van der Waals surface area contributed by atoms with Gasteiger partial charge < -0.3 is 9.47 Å². The Balaban J connectivity index is 1.67. The monoisotopic (exact) mass is 406 g/mol. The molecule has 3 saturated carbocycles. The van der Waals surface area contributed by atoms with Gasteiger partial charge in [0.05, 0.1) is 11.1 Å². The van der Waals surface area contributed by atoms with Crippen molar-refractivity contribution in [1.82, 2.24) is 0 Å². The van der Waals surface area contributed by atoms with Gasteiger partial charge in [0, 0.05) is 11.3 Å². The Bertz CT molecular complexity index is 921. The lowest BCUT2D eigenvalue weighted by molar-refractivity contribution is -0.218. The molecule has 0 aliphatic heterocycles. The number of benzene rings is 2. The van der Waals surface area contributed by atoms with Crippen LogP contribution in [0.15, 0.2) is 60.7 Å². The summed E-state index contributed by atoms with van der Waals surface area (Å²) in [7, 11) is 0. The van der Waals surface area contributed by atoms with Crippen molar-refractivity contribution in [2.45, 2.75) is 52.7 Å². The molecule has 0 amide bonds. The summed E-state index contributed by atoms with van der Waals surface area (Å²) in [6.45, 7) is 8.88. The van der Waals surface area contributed by atoms with E-state index >= 15 is 0 Å². The molecule has 30 heavy (non-hydrogen) atoms. The van der Waals surface area contributed by atoms with E-state index in [0.717, 1.165) is 12.8 Å². The summed E-state index contributed by atoms with van der Waals surface area (Å²) >= 11 is 0. The van der Waals surface area contributed by atoms with Crippen LogP contribution in [0.5, 0.6) is 0 Å². The third-order valence-corrected chi connectivity index (χ3v) is 7.00. The molecule has 3 fully saturated rings. The first-order chi connectivity index (χ1) is 14.2. The first-order valence-electron chi connectivity index (χ1n) is 10.7. The van der Waals surface area contributed by atoms with E-state index in [4.69, 9.17) is 9.47 Å². The van der Waals surface area contributed by atoms with Gasteiger partial charge in [-0.1, -0.05) is 64.1 Å². The first kappa shape index (κ1) is 20.6. The predicted octanol–water partition coefficient (Wildman–Crippen LogP) is 5.53. The van der Waals surface area contributed by atoms with E-state index in [9.17, 15) is 9.59 Å². The van der Waals surface area contributed by atoms with Crippen LogP contribution in [0.4, 0.5) is 0 Å². The normalized spacial score (nSPS) is 31.7. The van der Waals surface area contributed by atoms with Crippen molar-refractivity contribution in [3.63, 3.8) is 0 Å². The molecular formula is C26H30O4. The van der Waals surface area contributed by atoms with Crippen LogP contribution in [-0.2, 0) is 9.47 Å². The quantitative estimate of drug-likeness (QED) is 0.627. The molecule has 2 aromatic carbocycles. The van der Waals surface area contributed by atoms with E-state index in [0.29, 0.717) is 17.0 Å². The predicted molar refractivity (Wildman–Crippen MR) is 115 cm³/mol. The van der Waals surface area contributed by atoms with Crippen molar-refractivity contribution in [1.29, 1.82) is 0 Å². The van der Waals surface area contributed by atoms with Crippen molar-refractivity contribution in [3.05, 3.63) is 71.8 Å². The van der Waals surface area contributed by atoms with Gasteiger partial charge in [-0.25, -0.2) is 9.59 Å². The Kier molecular flexibility index (Phi) is 5.21. The van der Waals surface area contributed by atoms with Crippen LogP contribution in [-0.4, -0.2) is 24.1 Å². The maximum atomic E-state index is 12.9. The fourth-order valence-corrected chi connectivity index (χ4v) is 6.30. The molecule has 3 aliphatic carbocycles. The zero-order chi connectivity index (χ0) is 21.5. The van der Waals surface area contributed by atoms with Gasteiger partial charge in [-0.2, -0.15) is 0 Å². The van der Waals surface area contributed by atoms with E-state index in [2.05, 4.69) is 27.7 Å². The van der Waals surface area contributed by atoms with Crippen LogP contribution in [0.2, 0.25) is 0 Å². The maximum absolute atomic E-state index is 12.9. The van der Waals surface area contributed by atoms with Crippen molar-refractivity contribution < 1.29 is 19.1 Å². The minimum absolute atomic E-state index is 0.0102. The maximum Gasteiger partial charge on any atom is 0.338 e. The topological polar surface area (TPSA) is 52.6 Å². The molecule has 0 aromatic heterocycles. The minimum atomic E-state index is -0.470. The van der Waals surface area contributed by atoms with Gasteiger partial charge in [0.25, 0.3) is 0 Å². The Morgan fingerprint density at radius 1 is 0.833 bits per heavy atom. The SMILES string of the molecule is CC1CC2(C)CC(C)(C)C1C(OC(=O)c1ccccc1)C2OC(=O)c1ccccc1. The standard InChI is InChI=1S/C26H30O4/c1-17-15-26(4)16-25(2,3)20(17)21(29-23(27)18-11-7-5-8-12-18)22(26)30-24(28)19-13-9-6-10-14-19/h5-14,17,20-22H,15-16H2,1-4H3.